The van der Waals surface area contributed by atoms with Gasteiger partial charge in [0, 0.05) is 6.92 Å². The molecule has 25 heavy (non-hydrogen) atoms. The summed E-state index contributed by atoms with van der Waals surface area (Å²) in [6.07, 6.45) is -4.76. The second kappa shape index (κ2) is 7.16. The Kier molecular flexibility index (Phi) is 5.20. The van der Waals surface area contributed by atoms with Crippen molar-refractivity contribution in [2.24, 2.45) is 0 Å². The van der Waals surface area contributed by atoms with Crippen molar-refractivity contribution in [1.82, 2.24) is 4.98 Å². The monoisotopic (exact) mass is 356 g/mol. The lowest BCUT2D eigenvalue weighted by molar-refractivity contribution is -0.137. The van der Waals surface area contributed by atoms with Gasteiger partial charge >= 0.3 is 12.2 Å². The molecule has 2 rings (SSSR count). The number of benzene rings is 1. The molecule has 0 unspecified atom stereocenters. The first kappa shape index (κ1) is 18.2. The molecule has 0 saturated heterocycles. The summed E-state index contributed by atoms with van der Waals surface area (Å²) in [4.78, 5) is 26.7. The minimum absolute atomic E-state index is 0.0197. The standard InChI is InChI=1S/C15H12F4N4O2/c1-8(24)20-12-3-2-4-13(22-12)23-14(25)21-11-7-9(16)5-6-10(11)15(17,18)19/h2-7H,1H3,(H3,20,21,22,23,24,25). The van der Waals surface area contributed by atoms with E-state index in [1.165, 1.54) is 25.1 Å². The van der Waals surface area contributed by atoms with E-state index in [9.17, 15) is 27.2 Å². The molecular formula is C15H12F4N4O2. The van der Waals surface area contributed by atoms with Gasteiger partial charge in [-0.05, 0) is 30.3 Å². The number of urea groups is 1. The van der Waals surface area contributed by atoms with E-state index in [2.05, 4.69) is 15.6 Å². The summed E-state index contributed by atoms with van der Waals surface area (Å²) >= 11 is 0. The average molecular weight is 356 g/mol. The van der Waals surface area contributed by atoms with Crippen molar-refractivity contribution in [1.29, 1.82) is 0 Å². The largest absolute Gasteiger partial charge is 0.418 e. The van der Waals surface area contributed by atoms with Crippen molar-refractivity contribution >= 4 is 29.3 Å². The maximum absolute atomic E-state index is 13.2. The molecule has 0 atom stereocenters. The lowest BCUT2D eigenvalue weighted by Gasteiger charge is -2.14. The molecule has 0 fully saturated rings. The predicted octanol–water partition coefficient (Wildman–Crippen LogP) is 3.84. The smallest absolute Gasteiger partial charge is 0.311 e. The molecule has 1 aromatic carbocycles. The summed E-state index contributed by atoms with van der Waals surface area (Å²) in [5, 5.41) is 6.51. The molecule has 0 aliphatic carbocycles. The Labute approximate surface area is 139 Å². The summed E-state index contributed by atoms with van der Waals surface area (Å²) in [6.45, 7) is 1.26. The van der Waals surface area contributed by atoms with Crippen LogP contribution >= 0.6 is 0 Å². The highest BCUT2D eigenvalue weighted by Crippen LogP contribution is 2.35. The Morgan fingerprint density at radius 1 is 1.00 bits per heavy atom. The molecule has 0 saturated carbocycles. The number of hydrogen-bond acceptors (Lipinski definition) is 3. The number of rotatable bonds is 3. The molecule has 1 heterocycles. The maximum atomic E-state index is 13.2. The van der Waals surface area contributed by atoms with E-state index in [1.54, 1.807) is 0 Å². The van der Waals surface area contributed by atoms with Gasteiger partial charge in [-0.15, -0.1) is 0 Å². The molecule has 3 amide bonds. The van der Waals surface area contributed by atoms with Crippen LogP contribution in [0.3, 0.4) is 0 Å². The predicted molar refractivity (Wildman–Crippen MR) is 82.6 cm³/mol. The van der Waals surface area contributed by atoms with Gasteiger partial charge < -0.3 is 10.6 Å². The first-order valence-corrected chi connectivity index (χ1v) is 6.84. The summed E-state index contributed by atoms with van der Waals surface area (Å²) < 4.78 is 51.9. The van der Waals surface area contributed by atoms with E-state index >= 15 is 0 Å². The Bertz CT molecular complexity index is 808. The third kappa shape index (κ3) is 5.16. The Morgan fingerprint density at radius 3 is 2.24 bits per heavy atom. The van der Waals surface area contributed by atoms with Crippen LogP contribution < -0.4 is 16.0 Å². The van der Waals surface area contributed by atoms with Gasteiger partial charge in [0.1, 0.15) is 17.5 Å². The highest BCUT2D eigenvalue weighted by molar-refractivity contribution is 6.00. The van der Waals surface area contributed by atoms with Crippen LogP contribution in [-0.4, -0.2) is 16.9 Å². The first-order valence-electron chi connectivity index (χ1n) is 6.84. The van der Waals surface area contributed by atoms with Crippen LogP contribution in [0, 0.1) is 5.82 Å². The van der Waals surface area contributed by atoms with Crippen LogP contribution in [0.1, 0.15) is 12.5 Å². The van der Waals surface area contributed by atoms with E-state index in [0.717, 1.165) is 0 Å². The third-order valence-corrected chi connectivity index (χ3v) is 2.83. The minimum atomic E-state index is -4.76. The number of carbonyl (C=O) groups is 2. The van der Waals surface area contributed by atoms with Crippen LogP contribution in [0.5, 0.6) is 0 Å². The van der Waals surface area contributed by atoms with Gasteiger partial charge in [-0.3, -0.25) is 10.1 Å². The van der Waals surface area contributed by atoms with E-state index < -0.39 is 29.3 Å². The molecule has 0 aliphatic rings. The van der Waals surface area contributed by atoms with Crippen LogP contribution in [0.2, 0.25) is 0 Å². The van der Waals surface area contributed by atoms with E-state index in [4.69, 9.17) is 0 Å². The molecule has 0 spiro atoms. The topological polar surface area (TPSA) is 83.1 Å². The summed E-state index contributed by atoms with van der Waals surface area (Å²) in [7, 11) is 0. The van der Waals surface area contributed by atoms with Gasteiger partial charge in [-0.25, -0.2) is 14.2 Å². The second-order valence-corrected chi connectivity index (χ2v) is 4.86. The number of nitrogens with one attached hydrogen (secondary N) is 3. The van der Waals surface area contributed by atoms with Crippen molar-refractivity contribution in [3.05, 3.63) is 47.8 Å². The fourth-order valence-corrected chi connectivity index (χ4v) is 1.89. The fourth-order valence-electron chi connectivity index (χ4n) is 1.89. The maximum Gasteiger partial charge on any atom is 0.418 e. The van der Waals surface area contributed by atoms with Crippen LogP contribution in [0.25, 0.3) is 0 Å². The number of amides is 3. The van der Waals surface area contributed by atoms with Gasteiger partial charge in [0.05, 0.1) is 11.3 Å². The van der Waals surface area contributed by atoms with Gasteiger partial charge in [-0.2, -0.15) is 13.2 Å². The van der Waals surface area contributed by atoms with Gasteiger partial charge in [-0.1, -0.05) is 6.07 Å². The average Bonchev–Trinajstić information content (AvgIpc) is 2.45. The van der Waals surface area contributed by atoms with Crippen LogP contribution in [0.15, 0.2) is 36.4 Å². The molecule has 3 N–H and O–H groups in total. The number of anilines is 3. The lowest BCUT2D eigenvalue weighted by atomic mass is 10.1. The van der Waals surface area contributed by atoms with Crippen molar-refractivity contribution in [2.45, 2.75) is 13.1 Å². The Morgan fingerprint density at radius 2 is 1.64 bits per heavy atom. The molecular weight excluding hydrogens is 344 g/mol. The Balaban J connectivity index is 2.16. The van der Waals surface area contributed by atoms with Gasteiger partial charge in [0.15, 0.2) is 0 Å². The molecule has 0 radical (unpaired) electrons. The van der Waals surface area contributed by atoms with Gasteiger partial charge in [0.2, 0.25) is 5.91 Å². The van der Waals surface area contributed by atoms with Crippen LogP contribution in [-0.2, 0) is 11.0 Å². The van der Waals surface area contributed by atoms with Crippen LogP contribution in [0.4, 0.5) is 39.7 Å². The van der Waals surface area contributed by atoms with Crippen molar-refractivity contribution in [2.75, 3.05) is 16.0 Å². The number of halogens is 4. The number of hydrogen-bond donors (Lipinski definition) is 3. The Hall–Kier alpha value is -3.17. The molecule has 6 nitrogen and oxygen atoms in total. The highest BCUT2D eigenvalue weighted by Gasteiger charge is 2.34. The zero-order valence-corrected chi connectivity index (χ0v) is 12.7. The third-order valence-electron chi connectivity index (χ3n) is 2.83. The lowest BCUT2D eigenvalue weighted by Crippen LogP contribution is -2.22. The van der Waals surface area contributed by atoms with Gasteiger partial charge in [0.25, 0.3) is 0 Å². The first-order chi connectivity index (χ1) is 11.6. The molecule has 10 heteroatoms. The second-order valence-electron chi connectivity index (χ2n) is 4.86. The van der Waals surface area contributed by atoms with Crippen molar-refractivity contribution in [3.63, 3.8) is 0 Å². The van der Waals surface area contributed by atoms with E-state index in [1.807, 2.05) is 5.32 Å². The minimum Gasteiger partial charge on any atom is -0.311 e. The number of nitrogens with zero attached hydrogens (tertiary/aromatic N) is 1. The fraction of sp³-hybridized carbons (Fsp3) is 0.133. The molecule has 2 aromatic rings. The molecule has 1 aromatic heterocycles. The van der Waals surface area contributed by atoms with Crippen molar-refractivity contribution in [3.8, 4) is 0 Å². The summed E-state index contributed by atoms with van der Waals surface area (Å²) in [6, 6.07) is 4.97. The normalized spacial score (nSPS) is 10.9. The summed E-state index contributed by atoms with van der Waals surface area (Å²) in [5.41, 5.74) is -1.92. The van der Waals surface area contributed by atoms with E-state index in [0.29, 0.717) is 18.2 Å². The van der Waals surface area contributed by atoms with E-state index in [-0.39, 0.29) is 17.5 Å². The number of carbonyl (C=O) groups excluding carboxylic acids is 2. The molecule has 132 valence electrons. The van der Waals surface area contributed by atoms with Crippen molar-refractivity contribution < 1.29 is 27.2 Å². The number of alkyl halides is 3. The summed E-state index contributed by atoms with van der Waals surface area (Å²) in [5.74, 6) is -1.20. The molecule has 0 aliphatic heterocycles. The zero-order chi connectivity index (χ0) is 18.6. The zero-order valence-electron chi connectivity index (χ0n) is 12.7. The quantitative estimate of drug-likeness (QED) is 0.731. The number of aromatic nitrogens is 1. The highest BCUT2D eigenvalue weighted by atomic mass is 19.4. The number of pyridine rings is 1. The SMILES string of the molecule is CC(=O)Nc1cccc(NC(=O)Nc2cc(F)ccc2C(F)(F)F)n1. The molecule has 0 bridgehead atoms.